The summed E-state index contributed by atoms with van der Waals surface area (Å²) in [4.78, 5) is 4.77. The minimum absolute atomic E-state index is 0.632. The van der Waals surface area contributed by atoms with Crippen LogP contribution in [0.5, 0.6) is 5.75 Å². The van der Waals surface area contributed by atoms with Gasteiger partial charge in [-0.15, -0.1) is 0 Å². The molecule has 1 aromatic heterocycles. The van der Waals surface area contributed by atoms with Crippen molar-refractivity contribution in [2.24, 2.45) is 0 Å². The average Bonchev–Trinajstić information content (AvgIpc) is 3.18. The zero-order valence-corrected chi connectivity index (χ0v) is 14.8. The quantitative estimate of drug-likeness (QED) is 0.381. The van der Waals surface area contributed by atoms with Crippen molar-refractivity contribution < 1.29 is 9.15 Å². The standard InChI is InChI=1S/C24H17NO2/c1-26-22-14-8-7-12-18(22)20-15-21-23(19-13-6-5-11-17(19)20)27-24(25-21)16-9-3-2-4-10-16/h2-15H,1H3. The molecular weight excluding hydrogens is 334 g/mol. The normalized spacial score (nSPS) is 11.1. The van der Waals surface area contributed by atoms with E-state index in [1.165, 1.54) is 0 Å². The maximum absolute atomic E-state index is 6.17. The van der Waals surface area contributed by atoms with E-state index in [1.807, 2.05) is 60.7 Å². The van der Waals surface area contributed by atoms with E-state index in [1.54, 1.807) is 7.11 Å². The first-order valence-electron chi connectivity index (χ1n) is 8.86. The topological polar surface area (TPSA) is 35.3 Å². The molecule has 0 saturated carbocycles. The largest absolute Gasteiger partial charge is 0.496 e. The molecule has 1 heterocycles. The van der Waals surface area contributed by atoms with Crippen molar-refractivity contribution >= 4 is 21.9 Å². The Morgan fingerprint density at radius 1 is 0.741 bits per heavy atom. The number of oxazole rings is 1. The van der Waals surface area contributed by atoms with Crippen molar-refractivity contribution in [3.05, 3.63) is 84.9 Å². The lowest BCUT2D eigenvalue weighted by Gasteiger charge is -2.11. The van der Waals surface area contributed by atoms with Gasteiger partial charge in [0.25, 0.3) is 0 Å². The Bertz CT molecular complexity index is 1260. The van der Waals surface area contributed by atoms with Crippen LogP contribution >= 0.6 is 0 Å². The third kappa shape index (κ3) is 2.56. The highest BCUT2D eigenvalue weighted by molar-refractivity contribution is 6.11. The molecule has 0 aliphatic rings. The highest BCUT2D eigenvalue weighted by atomic mass is 16.5. The summed E-state index contributed by atoms with van der Waals surface area (Å²) >= 11 is 0. The number of fused-ring (bicyclic) bond motifs is 3. The smallest absolute Gasteiger partial charge is 0.227 e. The highest BCUT2D eigenvalue weighted by Crippen LogP contribution is 2.39. The molecule has 0 aliphatic carbocycles. The molecule has 0 N–H and O–H groups in total. The SMILES string of the molecule is COc1ccccc1-c1cc2nc(-c3ccccc3)oc2c2ccccc12. The Hall–Kier alpha value is -3.59. The summed E-state index contributed by atoms with van der Waals surface area (Å²) in [5.41, 5.74) is 4.75. The number of methoxy groups -OCH3 is 1. The third-order valence-electron chi connectivity index (χ3n) is 4.81. The van der Waals surface area contributed by atoms with Gasteiger partial charge in [0.1, 0.15) is 11.3 Å². The van der Waals surface area contributed by atoms with Crippen molar-refractivity contribution in [2.45, 2.75) is 0 Å². The van der Waals surface area contributed by atoms with E-state index in [-0.39, 0.29) is 0 Å². The van der Waals surface area contributed by atoms with Gasteiger partial charge in [-0.3, -0.25) is 0 Å². The van der Waals surface area contributed by atoms with Gasteiger partial charge in [0.2, 0.25) is 5.89 Å². The number of nitrogens with zero attached hydrogens (tertiary/aromatic N) is 1. The minimum atomic E-state index is 0.632. The van der Waals surface area contributed by atoms with Gasteiger partial charge in [0, 0.05) is 16.5 Å². The lowest BCUT2D eigenvalue weighted by atomic mass is 9.96. The number of hydrogen-bond donors (Lipinski definition) is 0. The number of para-hydroxylation sites is 1. The molecule has 5 aromatic rings. The molecular formula is C24H17NO2. The molecule has 0 bridgehead atoms. The monoisotopic (exact) mass is 351 g/mol. The molecule has 0 aliphatic heterocycles. The van der Waals surface area contributed by atoms with Gasteiger partial charge < -0.3 is 9.15 Å². The fourth-order valence-electron chi connectivity index (χ4n) is 3.55. The van der Waals surface area contributed by atoms with E-state index >= 15 is 0 Å². The molecule has 0 fully saturated rings. The van der Waals surface area contributed by atoms with Crippen molar-refractivity contribution in [1.29, 1.82) is 0 Å². The van der Waals surface area contributed by atoms with Gasteiger partial charge in [-0.25, -0.2) is 4.98 Å². The third-order valence-corrected chi connectivity index (χ3v) is 4.81. The number of rotatable bonds is 3. The van der Waals surface area contributed by atoms with Crippen molar-refractivity contribution in [2.75, 3.05) is 7.11 Å². The van der Waals surface area contributed by atoms with Gasteiger partial charge in [0.05, 0.1) is 7.11 Å². The Kier molecular flexibility index (Phi) is 3.65. The molecule has 0 saturated heterocycles. The van der Waals surface area contributed by atoms with Gasteiger partial charge in [-0.2, -0.15) is 0 Å². The van der Waals surface area contributed by atoms with Crippen LogP contribution in [0.4, 0.5) is 0 Å². The van der Waals surface area contributed by atoms with Crippen LogP contribution in [0.15, 0.2) is 89.3 Å². The number of aromatic nitrogens is 1. The van der Waals surface area contributed by atoms with E-state index in [0.717, 1.165) is 44.3 Å². The Labute approximate surface area is 156 Å². The fourth-order valence-corrected chi connectivity index (χ4v) is 3.55. The van der Waals surface area contributed by atoms with E-state index in [0.29, 0.717) is 5.89 Å². The van der Waals surface area contributed by atoms with Crippen LogP contribution in [-0.4, -0.2) is 12.1 Å². The van der Waals surface area contributed by atoms with Crippen molar-refractivity contribution in [3.8, 4) is 28.3 Å². The predicted octanol–water partition coefficient (Wildman–Crippen LogP) is 6.32. The number of benzene rings is 4. The molecule has 0 unspecified atom stereocenters. The van der Waals surface area contributed by atoms with Gasteiger partial charge in [-0.1, -0.05) is 60.7 Å². The predicted molar refractivity (Wildman–Crippen MR) is 109 cm³/mol. The van der Waals surface area contributed by atoms with E-state index in [4.69, 9.17) is 14.1 Å². The molecule has 0 radical (unpaired) electrons. The number of hydrogen-bond acceptors (Lipinski definition) is 3. The van der Waals surface area contributed by atoms with Gasteiger partial charge >= 0.3 is 0 Å². The second kappa shape index (κ2) is 6.29. The number of ether oxygens (including phenoxy) is 1. The van der Waals surface area contributed by atoms with E-state index in [9.17, 15) is 0 Å². The molecule has 4 aromatic carbocycles. The summed E-state index contributed by atoms with van der Waals surface area (Å²) in [5, 5.41) is 2.16. The van der Waals surface area contributed by atoms with Crippen molar-refractivity contribution in [1.82, 2.24) is 4.98 Å². The van der Waals surface area contributed by atoms with Crippen LogP contribution in [0, 0.1) is 0 Å². The molecule has 0 amide bonds. The molecule has 0 spiro atoms. The summed E-state index contributed by atoms with van der Waals surface area (Å²) in [6.45, 7) is 0. The summed E-state index contributed by atoms with van der Waals surface area (Å²) in [6, 6.07) is 28.4. The van der Waals surface area contributed by atoms with Crippen LogP contribution in [0.3, 0.4) is 0 Å². The molecule has 3 nitrogen and oxygen atoms in total. The van der Waals surface area contributed by atoms with Gasteiger partial charge in [0.15, 0.2) is 5.58 Å². The second-order valence-electron chi connectivity index (χ2n) is 6.40. The Morgan fingerprint density at radius 3 is 2.26 bits per heavy atom. The first-order valence-corrected chi connectivity index (χ1v) is 8.86. The first-order chi connectivity index (χ1) is 13.3. The van der Waals surface area contributed by atoms with Crippen molar-refractivity contribution in [3.63, 3.8) is 0 Å². The van der Waals surface area contributed by atoms with Crippen LogP contribution in [-0.2, 0) is 0 Å². The van der Waals surface area contributed by atoms with E-state index in [2.05, 4.69) is 24.3 Å². The maximum atomic E-state index is 6.17. The zero-order valence-electron chi connectivity index (χ0n) is 14.8. The summed E-state index contributed by atoms with van der Waals surface area (Å²) < 4.78 is 11.8. The second-order valence-corrected chi connectivity index (χ2v) is 6.40. The fraction of sp³-hybridized carbons (Fsp3) is 0.0417. The molecule has 0 atom stereocenters. The highest BCUT2D eigenvalue weighted by Gasteiger charge is 2.16. The maximum Gasteiger partial charge on any atom is 0.227 e. The summed E-state index contributed by atoms with van der Waals surface area (Å²) in [6.07, 6.45) is 0. The lowest BCUT2D eigenvalue weighted by Crippen LogP contribution is -1.89. The first kappa shape index (κ1) is 15.6. The molecule has 5 rings (SSSR count). The van der Waals surface area contributed by atoms with Crippen LogP contribution in [0.2, 0.25) is 0 Å². The van der Waals surface area contributed by atoms with Crippen LogP contribution in [0.1, 0.15) is 0 Å². The van der Waals surface area contributed by atoms with E-state index < -0.39 is 0 Å². The average molecular weight is 351 g/mol. The summed E-state index contributed by atoms with van der Waals surface area (Å²) in [7, 11) is 1.70. The Morgan fingerprint density at radius 2 is 1.44 bits per heavy atom. The van der Waals surface area contributed by atoms with Crippen LogP contribution in [0.25, 0.3) is 44.5 Å². The molecule has 27 heavy (non-hydrogen) atoms. The lowest BCUT2D eigenvalue weighted by molar-refractivity contribution is 0.416. The summed E-state index contributed by atoms with van der Waals surface area (Å²) in [5.74, 6) is 1.47. The Balaban J connectivity index is 1.84. The zero-order chi connectivity index (χ0) is 18.2. The van der Waals surface area contributed by atoms with Gasteiger partial charge in [-0.05, 0) is 35.2 Å². The minimum Gasteiger partial charge on any atom is -0.496 e. The molecule has 3 heteroatoms. The van der Waals surface area contributed by atoms with Crippen LogP contribution < -0.4 is 4.74 Å². The molecule has 130 valence electrons.